The molecule has 0 aliphatic rings. The van der Waals surface area contributed by atoms with Gasteiger partial charge in [0.05, 0.1) is 6.20 Å². The molecular weight excluding hydrogens is 239 g/mol. The number of halogens is 1. The number of rotatable bonds is 4. The van der Waals surface area contributed by atoms with Crippen molar-refractivity contribution in [3.05, 3.63) is 47.1 Å². The number of hydrogen-bond donors (Lipinski definition) is 0. The van der Waals surface area contributed by atoms with E-state index in [0.717, 1.165) is 17.6 Å². The molecule has 1 aromatic rings. The van der Waals surface area contributed by atoms with Crippen molar-refractivity contribution in [1.29, 1.82) is 0 Å². The van der Waals surface area contributed by atoms with Crippen molar-refractivity contribution in [2.24, 2.45) is 0 Å². The summed E-state index contributed by atoms with van der Waals surface area (Å²) in [5, 5.41) is 0. The fourth-order valence-corrected chi connectivity index (χ4v) is 1.75. The first-order valence-corrected chi connectivity index (χ1v) is 6.19. The normalized spacial score (nSPS) is 12.7. The first-order chi connectivity index (χ1) is 8.99. The molecule has 0 aliphatic heterocycles. The van der Waals surface area contributed by atoms with Crippen molar-refractivity contribution in [3.63, 3.8) is 0 Å². The molecule has 0 amide bonds. The molecule has 0 bridgehead atoms. The minimum Gasteiger partial charge on any atom is -0.336 e. The van der Waals surface area contributed by atoms with E-state index in [2.05, 4.69) is 17.8 Å². The lowest BCUT2D eigenvalue weighted by Crippen LogP contribution is -2.11. The fourth-order valence-electron chi connectivity index (χ4n) is 1.75. The molecule has 3 heteroatoms. The monoisotopic (exact) mass is 258 g/mol. The third-order valence-corrected chi connectivity index (χ3v) is 2.96. The third-order valence-electron chi connectivity index (χ3n) is 2.96. The van der Waals surface area contributed by atoms with Crippen molar-refractivity contribution >= 4 is 5.82 Å². The summed E-state index contributed by atoms with van der Waals surface area (Å²) < 4.78 is 12.8. The lowest BCUT2D eigenvalue weighted by molar-refractivity contribution is 0.621. The van der Waals surface area contributed by atoms with Crippen LogP contribution in [0.15, 0.2) is 41.2 Å². The summed E-state index contributed by atoms with van der Waals surface area (Å²) in [4.78, 5) is 5.85. The molecule has 1 rings (SSSR count). The van der Waals surface area contributed by atoms with Crippen LogP contribution in [0.5, 0.6) is 0 Å². The highest BCUT2D eigenvalue weighted by Gasteiger charge is 2.04. The summed E-state index contributed by atoms with van der Waals surface area (Å²) in [6.07, 6.45) is 9.58. The Morgan fingerprint density at radius 1 is 1.47 bits per heavy atom. The van der Waals surface area contributed by atoms with Crippen molar-refractivity contribution in [3.8, 4) is 12.3 Å². The van der Waals surface area contributed by atoms with Gasteiger partial charge in [-0.15, -0.1) is 6.42 Å². The van der Waals surface area contributed by atoms with Crippen molar-refractivity contribution in [1.82, 2.24) is 4.98 Å². The predicted octanol–water partition coefficient (Wildman–Crippen LogP) is 3.92. The Kier molecular flexibility index (Phi) is 5.32. The molecule has 0 saturated carbocycles. The van der Waals surface area contributed by atoms with Crippen LogP contribution < -0.4 is 4.90 Å². The standard InChI is InChI=1S/C16H19FN2/c1-6-12(3)15(7-2)13(4)11-19(5)16-9-8-14(17)10-18-16/h2,8-11H,6H2,1,3-5H3/b13-11-,15-12?. The first kappa shape index (κ1) is 15.0. The summed E-state index contributed by atoms with van der Waals surface area (Å²) in [5.74, 6) is 3.05. The van der Waals surface area contributed by atoms with Crippen molar-refractivity contribution in [2.75, 3.05) is 11.9 Å². The summed E-state index contributed by atoms with van der Waals surface area (Å²) >= 11 is 0. The molecule has 0 fully saturated rings. The highest BCUT2D eigenvalue weighted by atomic mass is 19.1. The number of aromatic nitrogens is 1. The van der Waals surface area contributed by atoms with Gasteiger partial charge >= 0.3 is 0 Å². The average Bonchev–Trinajstić information content (AvgIpc) is 2.39. The Labute approximate surface area is 114 Å². The topological polar surface area (TPSA) is 16.1 Å². The van der Waals surface area contributed by atoms with Crippen LogP contribution in [0.25, 0.3) is 0 Å². The van der Waals surface area contributed by atoms with Crippen LogP contribution >= 0.6 is 0 Å². The summed E-state index contributed by atoms with van der Waals surface area (Å²) in [7, 11) is 1.86. The van der Waals surface area contributed by atoms with Gasteiger partial charge in [0.2, 0.25) is 0 Å². The molecule has 1 aromatic heterocycles. The van der Waals surface area contributed by atoms with Crippen molar-refractivity contribution in [2.45, 2.75) is 27.2 Å². The zero-order chi connectivity index (χ0) is 14.4. The molecule has 1 heterocycles. The smallest absolute Gasteiger partial charge is 0.141 e. The quantitative estimate of drug-likeness (QED) is 0.601. The maximum absolute atomic E-state index is 12.8. The lowest BCUT2D eigenvalue weighted by Gasteiger charge is -2.15. The van der Waals surface area contributed by atoms with E-state index in [1.165, 1.54) is 17.8 Å². The molecule has 0 aromatic carbocycles. The molecule has 0 spiro atoms. The number of hydrogen-bond acceptors (Lipinski definition) is 2. The van der Waals surface area contributed by atoms with Crippen LogP contribution in [0.4, 0.5) is 10.2 Å². The highest BCUT2D eigenvalue weighted by Crippen LogP contribution is 2.18. The Balaban J connectivity index is 3.02. The van der Waals surface area contributed by atoms with E-state index in [0.29, 0.717) is 5.82 Å². The van der Waals surface area contributed by atoms with E-state index in [9.17, 15) is 4.39 Å². The van der Waals surface area contributed by atoms with Crippen LogP contribution in [-0.4, -0.2) is 12.0 Å². The number of anilines is 1. The van der Waals surface area contributed by atoms with Gasteiger partial charge in [-0.05, 0) is 38.0 Å². The van der Waals surface area contributed by atoms with Gasteiger partial charge in [-0.1, -0.05) is 18.4 Å². The summed E-state index contributed by atoms with van der Waals surface area (Å²) in [5.41, 5.74) is 3.09. The van der Waals surface area contributed by atoms with Crippen LogP contribution in [0.3, 0.4) is 0 Å². The maximum Gasteiger partial charge on any atom is 0.141 e. The molecule has 0 atom stereocenters. The van der Waals surface area contributed by atoms with Crippen LogP contribution in [0.1, 0.15) is 27.2 Å². The van der Waals surface area contributed by atoms with Crippen molar-refractivity contribution < 1.29 is 4.39 Å². The van der Waals surface area contributed by atoms with Gasteiger partial charge in [0.25, 0.3) is 0 Å². The van der Waals surface area contributed by atoms with Gasteiger partial charge in [0.1, 0.15) is 11.6 Å². The second-order valence-corrected chi connectivity index (χ2v) is 4.41. The Bertz CT molecular complexity index is 533. The van der Waals surface area contributed by atoms with Gasteiger partial charge in [0, 0.05) is 18.8 Å². The van der Waals surface area contributed by atoms with E-state index in [1.807, 2.05) is 32.0 Å². The van der Waals surface area contributed by atoms with Gasteiger partial charge in [-0.25, -0.2) is 9.37 Å². The van der Waals surface area contributed by atoms with Crippen LogP contribution in [0, 0.1) is 18.2 Å². The Morgan fingerprint density at radius 2 is 2.16 bits per heavy atom. The predicted molar refractivity (Wildman–Crippen MR) is 78.2 cm³/mol. The number of pyridine rings is 1. The molecule has 19 heavy (non-hydrogen) atoms. The number of terminal acetylenes is 1. The second-order valence-electron chi connectivity index (χ2n) is 4.41. The van der Waals surface area contributed by atoms with E-state index >= 15 is 0 Å². The van der Waals surface area contributed by atoms with Gasteiger partial charge in [-0.3, -0.25) is 0 Å². The van der Waals surface area contributed by atoms with Crippen LogP contribution in [-0.2, 0) is 0 Å². The zero-order valence-electron chi connectivity index (χ0n) is 11.9. The van der Waals surface area contributed by atoms with E-state index in [4.69, 9.17) is 6.42 Å². The second kappa shape index (κ2) is 6.75. The largest absolute Gasteiger partial charge is 0.336 e. The van der Waals surface area contributed by atoms with E-state index in [1.54, 1.807) is 6.07 Å². The Hall–Kier alpha value is -2.08. The van der Waals surface area contributed by atoms with Gasteiger partial charge in [0.15, 0.2) is 0 Å². The average molecular weight is 258 g/mol. The van der Waals surface area contributed by atoms with Crippen LogP contribution in [0.2, 0.25) is 0 Å². The summed E-state index contributed by atoms with van der Waals surface area (Å²) in [6.45, 7) is 6.07. The van der Waals surface area contributed by atoms with Gasteiger partial charge in [-0.2, -0.15) is 0 Å². The minimum atomic E-state index is -0.344. The molecule has 0 saturated heterocycles. The zero-order valence-corrected chi connectivity index (χ0v) is 11.9. The Morgan fingerprint density at radius 3 is 2.63 bits per heavy atom. The SMILES string of the molecule is C#CC(=C(C)CC)/C(C)=C\N(C)c1ccc(F)cn1. The van der Waals surface area contributed by atoms with E-state index in [-0.39, 0.29) is 5.82 Å². The highest BCUT2D eigenvalue weighted by molar-refractivity contribution is 5.50. The molecule has 0 aliphatic carbocycles. The maximum atomic E-state index is 12.8. The number of allylic oxidation sites excluding steroid dienone is 3. The molecule has 0 radical (unpaired) electrons. The van der Waals surface area contributed by atoms with Gasteiger partial charge < -0.3 is 4.90 Å². The van der Waals surface area contributed by atoms with E-state index < -0.39 is 0 Å². The molecular formula is C16H19FN2. The molecule has 2 nitrogen and oxygen atoms in total. The first-order valence-electron chi connectivity index (χ1n) is 6.19. The lowest BCUT2D eigenvalue weighted by atomic mass is 10.0. The molecule has 100 valence electrons. The molecule has 0 unspecified atom stereocenters. The molecule has 0 N–H and O–H groups in total. The summed E-state index contributed by atoms with van der Waals surface area (Å²) in [6, 6.07) is 3.02. The number of nitrogens with zero attached hydrogens (tertiary/aromatic N) is 2. The fraction of sp³-hybridized carbons (Fsp3) is 0.312. The third kappa shape index (κ3) is 3.96. The minimum absolute atomic E-state index is 0.344.